The van der Waals surface area contributed by atoms with E-state index >= 15 is 0 Å². The van der Waals surface area contributed by atoms with Gasteiger partial charge in [0.1, 0.15) is 15.6 Å². The molecule has 0 aliphatic rings. The number of rotatable bonds is 6. The number of thiophene rings is 1. The average Bonchev–Trinajstić information content (AvgIpc) is 2.82. The molecule has 6 heteroatoms. The van der Waals surface area contributed by atoms with Crippen molar-refractivity contribution in [3.05, 3.63) is 40.8 Å². The average molecular weight is 306 g/mol. The molecule has 0 amide bonds. The van der Waals surface area contributed by atoms with Crippen molar-refractivity contribution < 1.29 is 14.3 Å². The van der Waals surface area contributed by atoms with Crippen molar-refractivity contribution >= 4 is 28.0 Å². The molecule has 3 N–H and O–H groups in total. The van der Waals surface area contributed by atoms with Gasteiger partial charge in [-0.05, 0) is 12.5 Å². The summed E-state index contributed by atoms with van der Waals surface area (Å²) in [7, 11) is 1.53. The van der Waals surface area contributed by atoms with Gasteiger partial charge in [-0.3, -0.25) is 0 Å². The first-order valence-corrected chi connectivity index (χ1v) is 7.40. The number of nitrogen functional groups attached to an aromatic ring is 1. The van der Waals surface area contributed by atoms with Gasteiger partial charge in [-0.25, -0.2) is 4.79 Å². The minimum absolute atomic E-state index is 0.311. The quantitative estimate of drug-likeness (QED) is 0.802. The first-order valence-electron chi connectivity index (χ1n) is 6.58. The van der Waals surface area contributed by atoms with Crippen LogP contribution >= 0.6 is 11.3 Å². The largest absolute Gasteiger partial charge is 0.492 e. The van der Waals surface area contributed by atoms with E-state index in [1.54, 1.807) is 6.92 Å². The molecule has 5 nitrogen and oxygen atoms in total. The lowest BCUT2D eigenvalue weighted by Gasteiger charge is -2.06. The van der Waals surface area contributed by atoms with Crippen molar-refractivity contribution in [3.8, 4) is 5.75 Å². The third kappa shape index (κ3) is 3.46. The zero-order valence-corrected chi connectivity index (χ0v) is 12.8. The highest BCUT2D eigenvalue weighted by molar-refractivity contribution is 7.19. The highest BCUT2D eigenvalue weighted by Crippen LogP contribution is 2.42. The minimum atomic E-state index is -0.425. The number of hydrogen-bond donors (Lipinski definition) is 2. The Labute approximate surface area is 127 Å². The first-order chi connectivity index (χ1) is 10.2. The van der Waals surface area contributed by atoms with Crippen LogP contribution in [0.5, 0.6) is 5.75 Å². The number of anilines is 2. The molecule has 2 aromatic rings. The van der Waals surface area contributed by atoms with E-state index in [0.717, 1.165) is 10.6 Å². The number of benzene rings is 1. The fraction of sp³-hybridized carbons (Fsp3) is 0.267. The SMILES string of the molecule is CCOC(=O)c1sc(NCc2ccccc2)c(OC)c1N. The maximum absolute atomic E-state index is 11.8. The maximum atomic E-state index is 11.8. The lowest BCUT2D eigenvalue weighted by molar-refractivity contribution is 0.0533. The zero-order chi connectivity index (χ0) is 15.2. The molecule has 0 aliphatic heterocycles. The summed E-state index contributed by atoms with van der Waals surface area (Å²) in [5.74, 6) is 0.0602. The van der Waals surface area contributed by atoms with Gasteiger partial charge in [0.15, 0.2) is 5.75 Å². The molecule has 1 heterocycles. The molecule has 0 radical (unpaired) electrons. The van der Waals surface area contributed by atoms with Gasteiger partial charge in [0, 0.05) is 6.54 Å². The number of methoxy groups -OCH3 is 1. The van der Waals surface area contributed by atoms with E-state index < -0.39 is 5.97 Å². The highest BCUT2D eigenvalue weighted by Gasteiger charge is 2.22. The van der Waals surface area contributed by atoms with E-state index in [2.05, 4.69) is 5.32 Å². The van der Waals surface area contributed by atoms with Crippen molar-refractivity contribution in [2.75, 3.05) is 24.8 Å². The summed E-state index contributed by atoms with van der Waals surface area (Å²) in [4.78, 5) is 12.2. The number of nitrogens with two attached hydrogens (primary N) is 1. The number of carbonyl (C=O) groups is 1. The Morgan fingerprint density at radius 3 is 2.67 bits per heavy atom. The van der Waals surface area contributed by atoms with Crippen LogP contribution in [0.3, 0.4) is 0 Å². The van der Waals surface area contributed by atoms with E-state index in [1.165, 1.54) is 18.4 Å². The van der Waals surface area contributed by atoms with Crippen LogP contribution in [0.15, 0.2) is 30.3 Å². The summed E-state index contributed by atoms with van der Waals surface area (Å²) in [5, 5.41) is 3.97. The molecule has 0 spiro atoms. The molecule has 0 saturated carbocycles. The molecule has 1 aromatic carbocycles. The fourth-order valence-electron chi connectivity index (χ4n) is 1.87. The normalized spacial score (nSPS) is 10.2. The highest BCUT2D eigenvalue weighted by atomic mass is 32.1. The molecular formula is C15H18N2O3S. The maximum Gasteiger partial charge on any atom is 0.350 e. The summed E-state index contributed by atoms with van der Waals surface area (Å²) in [6, 6.07) is 9.94. The Balaban J connectivity index is 2.19. The Kier molecular flexibility index (Phi) is 5.05. The Morgan fingerprint density at radius 2 is 2.05 bits per heavy atom. The molecular weight excluding hydrogens is 288 g/mol. The lowest BCUT2D eigenvalue weighted by atomic mass is 10.2. The van der Waals surface area contributed by atoms with Crippen LogP contribution in [-0.4, -0.2) is 19.7 Å². The van der Waals surface area contributed by atoms with Gasteiger partial charge < -0.3 is 20.5 Å². The molecule has 0 unspecified atom stereocenters. The number of nitrogens with one attached hydrogen (secondary N) is 1. The molecule has 0 bridgehead atoms. The van der Waals surface area contributed by atoms with Gasteiger partial charge in [0.2, 0.25) is 0 Å². The summed E-state index contributed by atoms with van der Waals surface area (Å²) in [6.07, 6.45) is 0. The van der Waals surface area contributed by atoms with Crippen LogP contribution in [0.25, 0.3) is 0 Å². The van der Waals surface area contributed by atoms with Gasteiger partial charge in [-0.2, -0.15) is 0 Å². The van der Waals surface area contributed by atoms with Gasteiger partial charge in [-0.15, -0.1) is 11.3 Å². The van der Waals surface area contributed by atoms with E-state index in [1.807, 2.05) is 30.3 Å². The van der Waals surface area contributed by atoms with Crippen LogP contribution in [0.2, 0.25) is 0 Å². The number of carbonyl (C=O) groups excluding carboxylic acids is 1. The Bertz CT molecular complexity index is 611. The Morgan fingerprint density at radius 1 is 1.33 bits per heavy atom. The minimum Gasteiger partial charge on any atom is -0.492 e. The van der Waals surface area contributed by atoms with E-state index in [-0.39, 0.29) is 0 Å². The predicted molar refractivity (Wildman–Crippen MR) is 85.0 cm³/mol. The van der Waals surface area contributed by atoms with E-state index in [0.29, 0.717) is 29.5 Å². The summed E-state index contributed by atoms with van der Waals surface area (Å²) in [6.45, 7) is 2.69. The van der Waals surface area contributed by atoms with Crippen molar-refractivity contribution in [2.24, 2.45) is 0 Å². The smallest absolute Gasteiger partial charge is 0.350 e. The van der Waals surface area contributed by atoms with Gasteiger partial charge in [0.05, 0.1) is 13.7 Å². The number of esters is 1. The van der Waals surface area contributed by atoms with Crippen LogP contribution in [0.4, 0.5) is 10.7 Å². The molecule has 2 rings (SSSR count). The standard InChI is InChI=1S/C15H18N2O3S/c1-3-20-15(18)13-11(16)12(19-2)14(21-13)17-9-10-7-5-4-6-8-10/h4-8,17H,3,9,16H2,1-2H3. The second kappa shape index (κ2) is 6.99. The predicted octanol–water partition coefficient (Wildman–Crippen LogP) is 3.13. The first kappa shape index (κ1) is 15.2. The second-order valence-electron chi connectivity index (χ2n) is 4.27. The van der Waals surface area contributed by atoms with Gasteiger partial charge in [-0.1, -0.05) is 30.3 Å². The number of hydrogen-bond acceptors (Lipinski definition) is 6. The molecule has 0 aliphatic carbocycles. The zero-order valence-electron chi connectivity index (χ0n) is 12.0. The molecule has 0 fully saturated rings. The van der Waals surface area contributed by atoms with Gasteiger partial charge >= 0.3 is 5.97 Å². The topological polar surface area (TPSA) is 73.6 Å². The molecule has 112 valence electrons. The lowest BCUT2D eigenvalue weighted by Crippen LogP contribution is -2.05. The van der Waals surface area contributed by atoms with Crippen LogP contribution in [0.1, 0.15) is 22.2 Å². The number of ether oxygens (including phenoxy) is 2. The molecule has 0 atom stereocenters. The van der Waals surface area contributed by atoms with Crippen LogP contribution in [-0.2, 0) is 11.3 Å². The molecule has 0 saturated heterocycles. The second-order valence-corrected chi connectivity index (χ2v) is 5.29. The van der Waals surface area contributed by atoms with Gasteiger partial charge in [0.25, 0.3) is 0 Å². The monoisotopic (exact) mass is 306 g/mol. The van der Waals surface area contributed by atoms with Crippen molar-refractivity contribution in [1.82, 2.24) is 0 Å². The summed E-state index contributed by atoms with van der Waals surface area (Å²) in [5.41, 5.74) is 7.40. The summed E-state index contributed by atoms with van der Waals surface area (Å²) >= 11 is 1.24. The van der Waals surface area contributed by atoms with Crippen molar-refractivity contribution in [3.63, 3.8) is 0 Å². The summed E-state index contributed by atoms with van der Waals surface area (Å²) < 4.78 is 10.3. The third-order valence-electron chi connectivity index (χ3n) is 2.86. The van der Waals surface area contributed by atoms with Crippen LogP contribution < -0.4 is 15.8 Å². The van der Waals surface area contributed by atoms with Crippen LogP contribution in [0, 0.1) is 0 Å². The van der Waals surface area contributed by atoms with Crippen molar-refractivity contribution in [1.29, 1.82) is 0 Å². The molecule has 21 heavy (non-hydrogen) atoms. The Hall–Kier alpha value is -2.21. The van der Waals surface area contributed by atoms with E-state index in [4.69, 9.17) is 15.2 Å². The van der Waals surface area contributed by atoms with E-state index in [9.17, 15) is 4.79 Å². The third-order valence-corrected chi connectivity index (χ3v) is 3.99. The van der Waals surface area contributed by atoms with Crippen molar-refractivity contribution in [2.45, 2.75) is 13.5 Å². The molecule has 1 aromatic heterocycles. The fourth-order valence-corrected chi connectivity index (χ4v) is 2.85.